The van der Waals surface area contributed by atoms with Crippen molar-refractivity contribution >= 4 is 28.2 Å². The van der Waals surface area contributed by atoms with Crippen molar-refractivity contribution in [3.63, 3.8) is 0 Å². The van der Waals surface area contributed by atoms with Gasteiger partial charge in [0.15, 0.2) is 0 Å². The first-order chi connectivity index (χ1) is 13.4. The predicted molar refractivity (Wildman–Crippen MR) is 102 cm³/mol. The fraction of sp³-hybridized carbons (Fsp3) is 0.474. The van der Waals surface area contributed by atoms with Gasteiger partial charge in [-0.15, -0.1) is 0 Å². The number of hydrogen-bond acceptors (Lipinski definition) is 5. The Hall–Kier alpha value is -2.49. The molecule has 0 fully saturated rings. The number of sulfonamides is 1. The van der Waals surface area contributed by atoms with Crippen LogP contribution in [0, 0.1) is 17.0 Å². The molecular formula is C19H23F2NO6S. The molecule has 10 heteroatoms. The smallest absolute Gasteiger partial charge is 0.353 e. The van der Waals surface area contributed by atoms with Crippen LogP contribution in [-0.2, 0) is 24.3 Å². The first-order valence-electron chi connectivity index (χ1n) is 8.89. The van der Waals surface area contributed by atoms with Gasteiger partial charge in [0.05, 0.1) is 5.69 Å². The number of rotatable bonds is 7. The van der Waals surface area contributed by atoms with E-state index in [-0.39, 0.29) is 18.5 Å². The molecule has 1 aliphatic carbocycles. The number of aliphatic carboxylic acids is 1. The third-order valence-corrected chi connectivity index (χ3v) is 6.67. The van der Waals surface area contributed by atoms with Crippen molar-refractivity contribution in [1.29, 1.82) is 0 Å². The molecule has 0 bridgehead atoms. The second kappa shape index (κ2) is 8.10. The number of carbonyl (C=O) groups excluding carboxylic acids is 1. The van der Waals surface area contributed by atoms with E-state index in [4.69, 9.17) is 4.74 Å². The van der Waals surface area contributed by atoms with Gasteiger partial charge >= 0.3 is 5.97 Å². The monoisotopic (exact) mass is 431 g/mol. The van der Waals surface area contributed by atoms with E-state index in [0.717, 1.165) is 12.1 Å². The fourth-order valence-electron chi connectivity index (χ4n) is 3.58. The van der Waals surface area contributed by atoms with Crippen LogP contribution in [0.1, 0.15) is 40.0 Å². The molecule has 1 aromatic carbocycles. The summed E-state index contributed by atoms with van der Waals surface area (Å²) in [4.78, 5) is 23.4. The summed E-state index contributed by atoms with van der Waals surface area (Å²) in [7, 11) is -4.36. The highest BCUT2D eigenvalue weighted by Gasteiger charge is 2.58. The zero-order valence-corrected chi connectivity index (χ0v) is 17.1. The quantitative estimate of drug-likeness (QED) is 0.507. The van der Waals surface area contributed by atoms with Gasteiger partial charge < -0.3 is 9.84 Å². The lowest BCUT2D eigenvalue weighted by Gasteiger charge is -2.44. The van der Waals surface area contributed by atoms with Gasteiger partial charge in [-0.05, 0) is 31.4 Å². The highest BCUT2D eigenvalue weighted by molar-refractivity contribution is 7.93. The molecule has 0 radical (unpaired) electrons. The number of hydrogen-bond donors (Lipinski definition) is 2. The largest absolute Gasteiger partial charge is 0.478 e. The van der Waals surface area contributed by atoms with Gasteiger partial charge in [-0.25, -0.2) is 22.0 Å². The van der Waals surface area contributed by atoms with Crippen LogP contribution in [0.5, 0.6) is 0 Å². The van der Waals surface area contributed by atoms with Crippen molar-refractivity contribution in [2.24, 2.45) is 5.41 Å². The van der Waals surface area contributed by atoms with E-state index in [2.05, 4.69) is 4.72 Å². The number of nitrogens with one attached hydrogen (secondary N) is 1. The highest BCUT2D eigenvalue weighted by atomic mass is 32.2. The van der Waals surface area contributed by atoms with Crippen molar-refractivity contribution in [1.82, 2.24) is 0 Å². The van der Waals surface area contributed by atoms with Crippen LogP contribution in [-0.4, -0.2) is 36.8 Å². The Kier molecular flexibility index (Phi) is 6.36. The molecule has 0 aromatic heterocycles. The highest BCUT2D eigenvalue weighted by Crippen LogP contribution is 2.45. The third-order valence-electron chi connectivity index (χ3n) is 4.93. The van der Waals surface area contributed by atoms with Crippen molar-refractivity contribution in [2.45, 2.75) is 50.9 Å². The van der Waals surface area contributed by atoms with E-state index in [1.54, 1.807) is 0 Å². The molecule has 29 heavy (non-hydrogen) atoms. The Balaban J connectivity index is 2.58. The van der Waals surface area contributed by atoms with Crippen LogP contribution in [0.4, 0.5) is 14.5 Å². The van der Waals surface area contributed by atoms with Crippen LogP contribution in [0.3, 0.4) is 0 Å². The van der Waals surface area contributed by atoms with E-state index in [9.17, 15) is 31.9 Å². The number of carbonyl (C=O) groups is 2. The van der Waals surface area contributed by atoms with Crippen LogP contribution in [0.25, 0.3) is 0 Å². The molecule has 2 atom stereocenters. The van der Waals surface area contributed by atoms with Crippen LogP contribution in [0.15, 0.2) is 29.8 Å². The van der Waals surface area contributed by atoms with E-state index in [1.807, 2.05) is 0 Å². The van der Waals surface area contributed by atoms with Crippen molar-refractivity contribution in [2.75, 3.05) is 4.72 Å². The van der Waals surface area contributed by atoms with Gasteiger partial charge in [0.2, 0.25) is 15.6 Å². The minimum atomic E-state index is -4.36. The summed E-state index contributed by atoms with van der Waals surface area (Å²) in [6.45, 7) is 4.51. The molecule has 0 amide bonds. The second-order valence-electron chi connectivity index (χ2n) is 7.80. The molecule has 0 heterocycles. The molecule has 0 saturated carbocycles. The standard InChI is InChI=1S/C19H23F2NO6S/c1-18(2,3)19(17(24)25,28-11-23)13-6-4-5-7-16(13)29(26,27)22-15-9-8-12(20)10-14(15)21/h6,8-11,16,22H,4-5,7H2,1-3H3,(H,24,25). The lowest BCUT2D eigenvalue weighted by molar-refractivity contribution is -0.178. The normalized spacial score (nSPS) is 19.6. The SMILES string of the molecule is CC(C)(C)C(OC=O)(C(=O)O)C1=CCCCC1S(=O)(=O)Nc1ccc(F)cc1F. The molecular weight excluding hydrogens is 408 g/mol. The zero-order chi connectivity index (χ0) is 22.0. The predicted octanol–water partition coefficient (Wildman–Crippen LogP) is 3.23. The minimum Gasteiger partial charge on any atom is -0.478 e. The molecule has 2 unspecified atom stereocenters. The van der Waals surface area contributed by atoms with E-state index in [0.29, 0.717) is 18.9 Å². The maximum atomic E-state index is 14.0. The van der Waals surface area contributed by atoms with Crippen molar-refractivity contribution in [3.05, 3.63) is 41.5 Å². The topological polar surface area (TPSA) is 110 Å². The lowest BCUT2D eigenvalue weighted by atomic mass is 9.69. The molecule has 7 nitrogen and oxygen atoms in total. The number of allylic oxidation sites excluding steroid dienone is 1. The van der Waals surface area contributed by atoms with Gasteiger partial charge in [-0.1, -0.05) is 26.8 Å². The molecule has 2 rings (SSSR count). The molecule has 0 spiro atoms. The van der Waals surface area contributed by atoms with Gasteiger partial charge in [0, 0.05) is 17.1 Å². The summed E-state index contributed by atoms with van der Waals surface area (Å²) in [6, 6.07) is 2.36. The van der Waals surface area contributed by atoms with Gasteiger partial charge in [-0.2, -0.15) is 0 Å². The van der Waals surface area contributed by atoms with E-state index >= 15 is 0 Å². The first kappa shape index (κ1) is 22.8. The van der Waals surface area contributed by atoms with E-state index < -0.39 is 49.6 Å². The van der Waals surface area contributed by atoms with Crippen molar-refractivity contribution < 1.29 is 36.6 Å². The summed E-state index contributed by atoms with van der Waals surface area (Å²) < 4.78 is 60.3. The molecule has 2 N–H and O–H groups in total. The van der Waals surface area contributed by atoms with E-state index in [1.165, 1.54) is 26.8 Å². The Labute approximate surface area is 167 Å². The molecule has 0 saturated heterocycles. The van der Waals surface area contributed by atoms with Gasteiger partial charge in [-0.3, -0.25) is 9.52 Å². The van der Waals surface area contributed by atoms with Gasteiger partial charge in [0.1, 0.15) is 16.9 Å². The molecule has 1 aliphatic rings. The Morgan fingerprint density at radius 3 is 2.48 bits per heavy atom. The Morgan fingerprint density at radius 2 is 1.97 bits per heavy atom. The van der Waals surface area contributed by atoms with Crippen molar-refractivity contribution in [3.8, 4) is 0 Å². The first-order valence-corrected chi connectivity index (χ1v) is 10.4. The molecule has 160 valence electrons. The Bertz CT molecular complexity index is 939. The molecule has 1 aromatic rings. The average molecular weight is 431 g/mol. The average Bonchev–Trinajstić information content (AvgIpc) is 2.60. The van der Waals surface area contributed by atoms with Crippen LogP contribution < -0.4 is 4.72 Å². The fourth-order valence-corrected chi connectivity index (χ4v) is 5.27. The lowest BCUT2D eigenvalue weighted by Crippen LogP contribution is -2.57. The summed E-state index contributed by atoms with van der Waals surface area (Å²) in [5.41, 5.74) is -4.01. The summed E-state index contributed by atoms with van der Waals surface area (Å²) >= 11 is 0. The number of carboxylic acid groups (broad SMARTS) is 1. The summed E-state index contributed by atoms with van der Waals surface area (Å²) in [5, 5.41) is 8.56. The zero-order valence-electron chi connectivity index (χ0n) is 16.2. The number of carboxylic acids is 1. The Morgan fingerprint density at radius 1 is 1.31 bits per heavy atom. The number of benzene rings is 1. The maximum Gasteiger partial charge on any atom is 0.353 e. The second-order valence-corrected chi connectivity index (χ2v) is 9.66. The van der Waals surface area contributed by atoms with Crippen LogP contribution in [0.2, 0.25) is 0 Å². The summed E-state index contributed by atoms with van der Waals surface area (Å²) in [6.07, 6.45) is 2.30. The molecule has 0 aliphatic heterocycles. The van der Waals surface area contributed by atoms with Crippen LogP contribution >= 0.6 is 0 Å². The van der Waals surface area contributed by atoms with Gasteiger partial charge in [0.25, 0.3) is 6.47 Å². The maximum absolute atomic E-state index is 14.0. The third kappa shape index (κ3) is 4.26. The summed E-state index contributed by atoms with van der Waals surface area (Å²) in [5.74, 6) is -3.50. The minimum absolute atomic E-state index is 0.0223. The number of halogens is 2. The number of anilines is 1. The number of ether oxygens (including phenoxy) is 1.